The normalized spacial score (nSPS) is 10.5. The van der Waals surface area contributed by atoms with Gasteiger partial charge in [0.25, 0.3) is 5.91 Å². The summed E-state index contributed by atoms with van der Waals surface area (Å²) in [6.45, 7) is 0. The van der Waals surface area contributed by atoms with Crippen molar-refractivity contribution in [3.8, 4) is 11.5 Å². The highest BCUT2D eigenvalue weighted by Crippen LogP contribution is 2.30. The Bertz CT molecular complexity index is 781. The lowest BCUT2D eigenvalue weighted by atomic mass is 10.1. The molecule has 0 aliphatic heterocycles. The third kappa shape index (κ3) is 2.97. The third-order valence-corrected chi connectivity index (χ3v) is 3.09. The highest BCUT2D eigenvalue weighted by molar-refractivity contribution is 6.04. The molecule has 0 bridgehead atoms. The van der Waals surface area contributed by atoms with Gasteiger partial charge in [-0.3, -0.25) is 4.79 Å². The van der Waals surface area contributed by atoms with Gasteiger partial charge in [0.2, 0.25) is 5.82 Å². The van der Waals surface area contributed by atoms with Gasteiger partial charge in [-0.1, -0.05) is 0 Å². The maximum atomic E-state index is 13.6. The molecule has 1 N–H and O–H groups in total. The molecule has 4 nitrogen and oxygen atoms in total. The molecule has 24 heavy (non-hydrogen) atoms. The van der Waals surface area contributed by atoms with Crippen molar-refractivity contribution in [2.24, 2.45) is 0 Å². The Hall–Kier alpha value is -2.84. The minimum Gasteiger partial charge on any atom is -0.493 e. The van der Waals surface area contributed by atoms with Crippen molar-refractivity contribution in [3.63, 3.8) is 0 Å². The van der Waals surface area contributed by atoms with Crippen LogP contribution in [0.1, 0.15) is 10.4 Å². The molecule has 0 aliphatic carbocycles. The highest BCUT2D eigenvalue weighted by Gasteiger charge is 2.27. The van der Waals surface area contributed by atoms with E-state index in [1.165, 1.54) is 32.4 Å². The number of nitrogens with one attached hydrogen (secondary N) is 1. The van der Waals surface area contributed by atoms with Crippen LogP contribution in [-0.2, 0) is 0 Å². The zero-order valence-electron chi connectivity index (χ0n) is 12.3. The molecule has 0 spiro atoms. The second kappa shape index (κ2) is 6.73. The van der Waals surface area contributed by atoms with Crippen molar-refractivity contribution in [1.82, 2.24) is 0 Å². The molecule has 0 unspecified atom stereocenters. The number of amides is 1. The van der Waals surface area contributed by atoms with Crippen molar-refractivity contribution >= 4 is 11.6 Å². The molecule has 0 aliphatic rings. The summed E-state index contributed by atoms with van der Waals surface area (Å²) in [4.78, 5) is 12.0. The fourth-order valence-corrected chi connectivity index (χ4v) is 1.88. The van der Waals surface area contributed by atoms with Crippen LogP contribution in [0.4, 0.5) is 27.6 Å². The summed E-state index contributed by atoms with van der Waals surface area (Å²) in [5.74, 6) is -11.6. The van der Waals surface area contributed by atoms with E-state index in [0.29, 0.717) is 0 Å². The number of carbonyl (C=O) groups is 1. The molecule has 0 saturated carbocycles. The Kier molecular flexibility index (Phi) is 4.91. The van der Waals surface area contributed by atoms with E-state index < -0.39 is 40.7 Å². The zero-order chi connectivity index (χ0) is 18.0. The van der Waals surface area contributed by atoms with Crippen LogP contribution in [0.25, 0.3) is 0 Å². The van der Waals surface area contributed by atoms with Crippen molar-refractivity contribution in [2.45, 2.75) is 0 Å². The minimum atomic E-state index is -2.31. The third-order valence-electron chi connectivity index (χ3n) is 3.09. The molecule has 0 aromatic heterocycles. The molecule has 0 fully saturated rings. The summed E-state index contributed by atoms with van der Waals surface area (Å²) >= 11 is 0. The van der Waals surface area contributed by atoms with Crippen LogP contribution in [0, 0.1) is 29.1 Å². The SMILES string of the molecule is COc1ccc(C(=O)Nc2c(F)c(F)c(F)c(F)c2F)cc1OC. The number of ether oxygens (including phenoxy) is 2. The second-order valence-corrected chi connectivity index (χ2v) is 4.47. The standard InChI is InChI=1S/C15H10F5NO3/c1-23-7-4-3-6(5-8(7)24-2)15(22)21-14-12(19)10(17)9(16)11(18)13(14)20/h3-5H,1-2H3,(H,21,22). The first-order valence-corrected chi connectivity index (χ1v) is 6.36. The van der Waals surface area contributed by atoms with Crippen LogP contribution in [0.15, 0.2) is 18.2 Å². The van der Waals surface area contributed by atoms with E-state index in [9.17, 15) is 26.7 Å². The maximum absolute atomic E-state index is 13.6. The fourth-order valence-electron chi connectivity index (χ4n) is 1.88. The Balaban J connectivity index is 2.41. The number of carbonyl (C=O) groups excluding carboxylic acids is 1. The minimum absolute atomic E-state index is 0.141. The van der Waals surface area contributed by atoms with Crippen LogP contribution in [-0.4, -0.2) is 20.1 Å². The van der Waals surface area contributed by atoms with Crippen molar-refractivity contribution in [3.05, 3.63) is 52.8 Å². The van der Waals surface area contributed by atoms with E-state index >= 15 is 0 Å². The molecule has 1 amide bonds. The van der Waals surface area contributed by atoms with Gasteiger partial charge in [-0.25, -0.2) is 22.0 Å². The van der Waals surface area contributed by atoms with Crippen LogP contribution in [0.2, 0.25) is 0 Å². The average molecular weight is 347 g/mol. The number of methoxy groups -OCH3 is 2. The lowest BCUT2D eigenvalue weighted by Gasteiger charge is -2.12. The molecule has 9 heteroatoms. The number of anilines is 1. The second-order valence-electron chi connectivity index (χ2n) is 4.47. The predicted molar refractivity (Wildman–Crippen MR) is 73.7 cm³/mol. The number of benzene rings is 2. The summed E-state index contributed by atoms with van der Waals surface area (Å²) in [7, 11) is 2.65. The molecule has 2 aromatic carbocycles. The van der Waals surface area contributed by atoms with Crippen LogP contribution in [0.5, 0.6) is 11.5 Å². The van der Waals surface area contributed by atoms with E-state index in [1.807, 2.05) is 0 Å². The monoisotopic (exact) mass is 347 g/mol. The maximum Gasteiger partial charge on any atom is 0.255 e. The van der Waals surface area contributed by atoms with Gasteiger partial charge in [0.05, 0.1) is 14.2 Å². The molecule has 2 aromatic rings. The van der Waals surface area contributed by atoms with Gasteiger partial charge in [-0.05, 0) is 18.2 Å². The van der Waals surface area contributed by atoms with Gasteiger partial charge in [-0.15, -0.1) is 0 Å². The fraction of sp³-hybridized carbons (Fsp3) is 0.133. The van der Waals surface area contributed by atoms with Gasteiger partial charge in [-0.2, -0.15) is 0 Å². The first-order chi connectivity index (χ1) is 11.3. The van der Waals surface area contributed by atoms with Crippen LogP contribution >= 0.6 is 0 Å². The van der Waals surface area contributed by atoms with Crippen LogP contribution < -0.4 is 14.8 Å². The molecular weight excluding hydrogens is 337 g/mol. The summed E-state index contributed by atoms with van der Waals surface area (Å²) in [5.41, 5.74) is -1.58. The Morgan fingerprint density at radius 3 is 1.83 bits per heavy atom. The number of rotatable bonds is 4. The summed E-state index contributed by atoms with van der Waals surface area (Å²) in [6, 6.07) is 3.75. The Labute approximate surface area is 132 Å². The number of hydrogen-bond acceptors (Lipinski definition) is 3. The average Bonchev–Trinajstić information content (AvgIpc) is 2.61. The summed E-state index contributed by atoms with van der Waals surface area (Å²) < 4.78 is 76.3. The van der Waals surface area contributed by atoms with Gasteiger partial charge in [0, 0.05) is 5.56 Å². The van der Waals surface area contributed by atoms with Crippen molar-refractivity contribution in [2.75, 3.05) is 19.5 Å². The van der Waals surface area contributed by atoms with E-state index in [1.54, 1.807) is 5.32 Å². The van der Waals surface area contributed by atoms with Gasteiger partial charge >= 0.3 is 0 Å². The van der Waals surface area contributed by atoms with E-state index in [2.05, 4.69) is 0 Å². The molecule has 2 rings (SSSR count). The number of hydrogen-bond donors (Lipinski definition) is 1. The van der Waals surface area contributed by atoms with Gasteiger partial charge in [0.1, 0.15) is 5.69 Å². The van der Waals surface area contributed by atoms with E-state index in [-0.39, 0.29) is 17.1 Å². The lowest BCUT2D eigenvalue weighted by Crippen LogP contribution is -2.17. The van der Waals surface area contributed by atoms with Gasteiger partial charge < -0.3 is 14.8 Å². The van der Waals surface area contributed by atoms with Crippen molar-refractivity contribution < 1.29 is 36.2 Å². The van der Waals surface area contributed by atoms with E-state index in [4.69, 9.17) is 9.47 Å². The molecular formula is C15H10F5NO3. The molecule has 0 atom stereocenters. The van der Waals surface area contributed by atoms with E-state index in [0.717, 1.165) is 0 Å². The largest absolute Gasteiger partial charge is 0.493 e. The molecule has 128 valence electrons. The van der Waals surface area contributed by atoms with Crippen molar-refractivity contribution in [1.29, 1.82) is 0 Å². The predicted octanol–water partition coefficient (Wildman–Crippen LogP) is 3.65. The topological polar surface area (TPSA) is 47.6 Å². The molecule has 0 heterocycles. The van der Waals surface area contributed by atoms with Gasteiger partial charge in [0.15, 0.2) is 34.8 Å². The quantitative estimate of drug-likeness (QED) is 0.522. The number of halogens is 5. The Morgan fingerprint density at radius 2 is 1.33 bits per heavy atom. The van der Waals surface area contributed by atoms with Crippen LogP contribution in [0.3, 0.4) is 0 Å². The summed E-state index contributed by atoms with van der Waals surface area (Å²) in [5, 5.41) is 1.66. The first-order valence-electron chi connectivity index (χ1n) is 6.36. The highest BCUT2D eigenvalue weighted by atomic mass is 19.2. The zero-order valence-corrected chi connectivity index (χ0v) is 12.3. The lowest BCUT2D eigenvalue weighted by molar-refractivity contribution is 0.102. The molecule has 0 saturated heterocycles. The molecule has 0 radical (unpaired) electrons. The summed E-state index contributed by atoms with van der Waals surface area (Å²) in [6.07, 6.45) is 0. The first kappa shape index (κ1) is 17.5. The Morgan fingerprint density at radius 1 is 0.833 bits per heavy atom. The smallest absolute Gasteiger partial charge is 0.255 e.